The number of benzene rings is 4. The zero-order valence-electron chi connectivity index (χ0n) is 22.4. The van der Waals surface area contributed by atoms with E-state index in [0.29, 0.717) is 34.8 Å². The summed E-state index contributed by atoms with van der Waals surface area (Å²) in [5.41, 5.74) is 4.41. The van der Waals surface area contributed by atoms with Gasteiger partial charge < -0.3 is 14.5 Å². The van der Waals surface area contributed by atoms with Gasteiger partial charge in [0.1, 0.15) is 11.5 Å². The second kappa shape index (κ2) is 11.1. The lowest BCUT2D eigenvalue weighted by molar-refractivity contribution is 0.0711. The van der Waals surface area contributed by atoms with E-state index in [1.165, 1.54) is 5.01 Å². The highest BCUT2D eigenvalue weighted by Crippen LogP contribution is 2.38. The quantitative estimate of drug-likeness (QED) is 0.226. The van der Waals surface area contributed by atoms with Gasteiger partial charge in [-0.2, -0.15) is 5.10 Å². The molecule has 2 heterocycles. The third-order valence-corrected chi connectivity index (χ3v) is 7.76. The fourth-order valence-corrected chi connectivity index (χ4v) is 5.63. The number of halogens is 1. The van der Waals surface area contributed by atoms with Gasteiger partial charge in [-0.15, -0.1) is 0 Å². The smallest absolute Gasteiger partial charge is 0.274 e. The average Bonchev–Trinajstić information content (AvgIpc) is 3.45. The van der Waals surface area contributed by atoms with E-state index in [9.17, 15) is 9.59 Å². The SMILES string of the molecule is COc1ccc(C2CC(c3c(-c4ccccc4)c4cc(Br)ccc4[nH]c3=O)=NN2C(=O)c2cccc(OC)c2)cc1. The van der Waals surface area contributed by atoms with Crippen LogP contribution in [0.3, 0.4) is 0 Å². The Morgan fingerprint density at radius 1 is 0.878 bits per heavy atom. The molecule has 1 aromatic heterocycles. The first kappa shape index (κ1) is 26.5. The summed E-state index contributed by atoms with van der Waals surface area (Å²) in [6.45, 7) is 0. The van der Waals surface area contributed by atoms with E-state index in [2.05, 4.69) is 20.9 Å². The minimum atomic E-state index is -0.434. The Kier molecular flexibility index (Phi) is 7.15. The molecule has 0 saturated heterocycles. The number of nitrogens with zero attached hydrogens (tertiary/aromatic N) is 2. The predicted octanol–water partition coefficient (Wildman–Crippen LogP) is 6.97. The molecule has 6 rings (SSSR count). The Morgan fingerprint density at radius 2 is 1.63 bits per heavy atom. The molecule has 0 fully saturated rings. The van der Waals surface area contributed by atoms with Gasteiger partial charge in [0.25, 0.3) is 11.5 Å². The maximum atomic E-state index is 13.9. The lowest BCUT2D eigenvalue weighted by Gasteiger charge is -2.22. The number of hydrogen-bond donors (Lipinski definition) is 1. The zero-order valence-corrected chi connectivity index (χ0v) is 24.0. The summed E-state index contributed by atoms with van der Waals surface area (Å²) in [5, 5.41) is 7.22. The topological polar surface area (TPSA) is 84.0 Å². The van der Waals surface area contributed by atoms with Gasteiger partial charge >= 0.3 is 0 Å². The molecule has 0 radical (unpaired) electrons. The van der Waals surface area contributed by atoms with Crippen LogP contribution in [-0.2, 0) is 0 Å². The third-order valence-electron chi connectivity index (χ3n) is 7.26. The third kappa shape index (κ3) is 5.02. The van der Waals surface area contributed by atoms with E-state index in [1.54, 1.807) is 38.5 Å². The van der Waals surface area contributed by atoms with Gasteiger partial charge in [0.05, 0.1) is 31.5 Å². The number of pyridine rings is 1. The first-order valence-electron chi connectivity index (χ1n) is 13.1. The fourth-order valence-electron chi connectivity index (χ4n) is 5.27. The minimum Gasteiger partial charge on any atom is -0.497 e. The molecule has 41 heavy (non-hydrogen) atoms. The Balaban J connectivity index is 1.55. The number of amides is 1. The van der Waals surface area contributed by atoms with Crippen LogP contribution in [0.2, 0.25) is 0 Å². The van der Waals surface area contributed by atoms with E-state index >= 15 is 0 Å². The van der Waals surface area contributed by atoms with Crippen molar-refractivity contribution in [3.8, 4) is 22.6 Å². The normalized spacial score (nSPS) is 14.7. The number of hydrazone groups is 1. The van der Waals surface area contributed by atoms with Crippen molar-refractivity contribution in [1.82, 2.24) is 9.99 Å². The molecule has 1 N–H and O–H groups in total. The summed E-state index contributed by atoms with van der Waals surface area (Å²) >= 11 is 3.59. The molecule has 1 aliphatic heterocycles. The molecule has 204 valence electrons. The number of ether oxygens (including phenoxy) is 2. The molecule has 7 nitrogen and oxygen atoms in total. The van der Waals surface area contributed by atoms with Crippen molar-refractivity contribution in [1.29, 1.82) is 0 Å². The van der Waals surface area contributed by atoms with Gasteiger partial charge in [-0.3, -0.25) is 9.59 Å². The van der Waals surface area contributed by atoms with Crippen molar-refractivity contribution < 1.29 is 14.3 Å². The second-order valence-corrected chi connectivity index (χ2v) is 10.6. The maximum absolute atomic E-state index is 13.9. The van der Waals surface area contributed by atoms with E-state index in [0.717, 1.165) is 32.1 Å². The summed E-state index contributed by atoms with van der Waals surface area (Å²) in [4.78, 5) is 30.8. The number of hydrogen-bond acceptors (Lipinski definition) is 5. The van der Waals surface area contributed by atoms with Crippen LogP contribution in [0.25, 0.3) is 22.0 Å². The zero-order chi connectivity index (χ0) is 28.5. The fraction of sp³-hybridized carbons (Fsp3) is 0.121. The van der Waals surface area contributed by atoms with Crippen LogP contribution in [0.1, 0.15) is 33.9 Å². The predicted molar refractivity (Wildman–Crippen MR) is 164 cm³/mol. The summed E-state index contributed by atoms with van der Waals surface area (Å²) < 4.78 is 11.6. The molecule has 4 aromatic carbocycles. The Labute approximate surface area is 245 Å². The lowest BCUT2D eigenvalue weighted by atomic mass is 9.91. The Hall–Kier alpha value is -4.69. The molecule has 0 bridgehead atoms. The summed E-state index contributed by atoms with van der Waals surface area (Å²) in [7, 11) is 3.17. The molecule has 1 amide bonds. The second-order valence-electron chi connectivity index (χ2n) is 9.68. The monoisotopic (exact) mass is 607 g/mol. The van der Waals surface area contributed by atoms with Gasteiger partial charge in [-0.05, 0) is 59.7 Å². The van der Waals surface area contributed by atoms with Crippen molar-refractivity contribution >= 4 is 38.5 Å². The van der Waals surface area contributed by atoms with Crippen LogP contribution in [0, 0.1) is 0 Å². The molecule has 0 spiro atoms. The Bertz CT molecular complexity index is 1850. The number of fused-ring (bicyclic) bond motifs is 1. The lowest BCUT2D eigenvalue weighted by Crippen LogP contribution is -2.27. The number of H-pyrrole nitrogens is 1. The number of aromatic nitrogens is 1. The van der Waals surface area contributed by atoms with Crippen LogP contribution in [0.5, 0.6) is 11.5 Å². The number of aromatic amines is 1. The maximum Gasteiger partial charge on any atom is 0.274 e. The molecular formula is C33H26BrN3O4. The van der Waals surface area contributed by atoms with Gasteiger partial charge in [0.2, 0.25) is 0 Å². The molecular weight excluding hydrogens is 582 g/mol. The molecule has 1 atom stereocenters. The van der Waals surface area contributed by atoms with Gasteiger partial charge in [0.15, 0.2) is 0 Å². The van der Waals surface area contributed by atoms with Crippen LogP contribution in [0.4, 0.5) is 0 Å². The molecule has 8 heteroatoms. The van der Waals surface area contributed by atoms with Crippen molar-refractivity contribution in [3.05, 3.63) is 129 Å². The average molecular weight is 608 g/mol. The van der Waals surface area contributed by atoms with E-state index in [4.69, 9.17) is 14.6 Å². The Morgan fingerprint density at radius 3 is 2.37 bits per heavy atom. The highest BCUT2D eigenvalue weighted by Gasteiger charge is 2.36. The van der Waals surface area contributed by atoms with E-state index in [-0.39, 0.29) is 11.5 Å². The standard InChI is InChI=1S/C33H26BrN3O4/c1-40-24-14-11-20(12-15-24)29-19-28(36-37(29)33(39)22-9-6-10-25(17-22)41-2)31-30(21-7-4-3-5-8-21)26-18-23(34)13-16-27(26)35-32(31)38/h3-18,29H,19H2,1-2H3,(H,35,38). The van der Waals surface area contributed by atoms with Crippen molar-refractivity contribution in [3.63, 3.8) is 0 Å². The van der Waals surface area contributed by atoms with Crippen LogP contribution in [-0.4, -0.2) is 35.8 Å². The van der Waals surface area contributed by atoms with Gasteiger partial charge in [0, 0.05) is 32.9 Å². The van der Waals surface area contributed by atoms with Crippen LogP contribution in [0.15, 0.2) is 111 Å². The summed E-state index contributed by atoms with van der Waals surface area (Å²) in [6.07, 6.45) is 0.352. The number of carbonyl (C=O) groups is 1. The van der Waals surface area contributed by atoms with E-state index < -0.39 is 6.04 Å². The van der Waals surface area contributed by atoms with Crippen molar-refractivity contribution in [2.24, 2.45) is 5.10 Å². The highest BCUT2D eigenvalue weighted by atomic mass is 79.9. The van der Waals surface area contributed by atoms with E-state index in [1.807, 2.05) is 72.8 Å². The molecule has 0 saturated carbocycles. The molecule has 5 aromatic rings. The summed E-state index contributed by atoms with van der Waals surface area (Å²) in [5.74, 6) is 0.991. The first-order chi connectivity index (χ1) is 20.0. The minimum absolute atomic E-state index is 0.262. The van der Waals surface area contributed by atoms with Gasteiger partial charge in [-0.1, -0.05) is 64.5 Å². The van der Waals surface area contributed by atoms with Crippen LogP contribution < -0.4 is 15.0 Å². The van der Waals surface area contributed by atoms with Crippen molar-refractivity contribution in [2.75, 3.05) is 14.2 Å². The molecule has 0 aliphatic carbocycles. The van der Waals surface area contributed by atoms with Gasteiger partial charge in [-0.25, -0.2) is 5.01 Å². The van der Waals surface area contributed by atoms with Crippen LogP contribution >= 0.6 is 15.9 Å². The molecule has 1 unspecified atom stereocenters. The van der Waals surface area contributed by atoms with Crippen molar-refractivity contribution in [2.45, 2.75) is 12.5 Å². The number of rotatable bonds is 6. The number of methoxy groups -OCH3 is 2. The number of carbonyl (C=O) groups excluding carboxylic acids is 1. The largest absolute Gasteiger partial charge is 0.497 e. The highest BCUT2D eigenvalue weighted by molar-refractivity contribution is 9.10. The summed E-state index contributed by atoms with van der Waals surface area (Å²) in [6, 6.07) is 29.7. The first-order valence-corrected chi connectivity index (χ1v) is 13.9. The molecule has 1 aliphatic rings. The number of nitrogens with one attached hydrogen (secondary N) is 1.